The Kier molecular flexibility index (Phi) is 3.49. The van der Waals surface area contributed by atoms with Crippen LogP contribution in [0, 0.1) is 6.92 Å². The minimum absolute atomic E-state index is 1.05. The van der Waals surface area contributed by atoms with E-state index >= 15 is 0 Å². The summed E-state index contributed by atoms with van der Waals surface area (Å²) in [7, 11) is 2.20. The van der Waals surface area contributed by atoms with Gasteiger partial charge in [0.05, 0.1) is 5.52 Å². The second-order valence-corrected chi connectivity index (χ2v) is 5.56. The molecule has 0 bridgehead atoms. The Morgan fingerprint density at radius 2 is 1.84 bits per heavy atom. The predicted octanol–water partition coefficient (Wildman–Crippen LogP) is 2.29. The molecule has 100 valence electrons. The summed E-state index contributed by atoms with van der Waals surface area (Å²) in [5.41, 5.74) is 3.57. The first kappa shape index (κ1) is 12.6. The molecule has 0 radical (unpaired) electrons. The van der Waals surface area contributed by atoms with Crippen LogP contribution in [-0.2, 0) is 6.54 Å². The average molecular weight is 255 g/mol. The normalized spacial score (nSPS) is 18.0. The van der Waals surface area contributed by atoms with E-state index in [1.165, 1.54) is 37.1 Å². The lowest BCUT2D eigenvalue weighted by molar-refractivity contribution is 0.148. The largest absolute Gasteiger partial charge is 0.304 e. The predicted molar refractivity (Wildman–Crippen MR) is 79.3 cm³/mol. The summed E-state index contributed by atoms with van der Waals surface area (Å²) in [6.45, 7) is 7.78. The number of fused-ring (bicyclic) bond motifs is 1. The van der Waals surface area contributed by atoms with Crippen molar-refractivity contribution in [3.8, 4) is 0 Å². The summed E-state index contributed by atoms with van der Waals surface area (Å²) in [6.07, 6.45) is 0. The summed E-state index contributed by atoms with van der Waals surface area (Å²) in [5.74, 6) is 0. The van der Waals surface area contributed by atoms with E-state index in [4.69, 9.17) is 0 Å². The fraction of sp³-hybridized carbons (Fsp3) is 0.438. The van der Waals surface area contributed by atoms with Gasteiger partial charge in [0.2, 0.25) is 0 Å². The molecule has 0 unspecified atom stereocenters. The SMILES string of the molecule is Cc1ccc2cc(CN3CCN(C)CC3)ccc2n1. The number of benzene rings is 1. The number of rotatable bonds is 2. The molecule has 1 fully saturated rings. The minimum Gasteiger partial charge on any atom is -0.304 e. The van der Waals surface area contributed by atoms with Crippen LogP contribution in [0.5, 0.6) is 0 Å². The molecule has 0 aliphatic carbocycles. The molecule has 0 amide bonds. The summed E-state index contributed by atoms with van der Waals surface area (Å²) < 4.78 is 0. The van der Waals surface area contributed by atoms with Crippen molar-refractivity contribution >= 4 is 10.9 Å². The Morgan fingerprint density at radius 1 is 1.05 bits per heavy atom. The maximum Gasteiger partial charge on any atom is 0.0705 e. The van der Waals surface area contributed by atoms with Crippen molar-refractivity contribution in [2.24, 2.45) is 0 Å². The number of pyridine rings is 1. The standard InChI is InChI=1S/C16H21N3/c1-13-3-5-15-11-14(4-6-16(15)17-13)12-19-9-7-18(2)8-10-19/h3-6,11H,7-10,12H2,1-2H3. The van der Waals surface area contributed by atoms with Gasteiger partial charge in [-0.1, -0.05) is 12.1 Å². The van der Waals surface area contributed by atoms with Crippen molar-refractivity contribution in [1.82, 2.24) is 14.8 Å². The third kappa shape index (κ3) is 2.94. The van der Waals surface area contributed by atoms with Gasteiger partial charge in [0, 0.05) is 43.8 Å². The van der Waals surface area contributed by atoms with Crippen molar-refractivity contribution in [3.63, 3.8) is 0 Å². The van der Waals surface area contributed by atoms with Crippen LogP contribution in [-0.4, -0.2) is 48.0 Å². The summed E-state index contributed by atoms with van der Waals surface area (Å²) >= 11 is 0. The van der Waals surface area contributed by atoms with Gasteiger partial charge in [0.15, 0.2) is 0 Å². The quantitative estimate of drug-likeness (QED) is 0.821. The van der Waals surface area contributed by atoms with E-state index < -0.39 is 0 Å². The molecule has 19 heavy (non-hydrogen) atoms. The molecule has 0 N–H and O–H groups in total. The number of nitrogens with zero attached hydrogens (tertiary/aromatic N) is 3. The number of hydrogen-bond acceptors (Lipinski definition) is 3. The van der Waals surface area contributed by atoms with Crippen LogP contribution in [0.4, 0.5) is 0 Å². The smallest absolute Gasteiger partial charge is 0.0705 e. The molecule has 1 aliphatic heterocycles. The Balaban J connectivity index is 1.76. The lowest BCUT2D eigenvalue weighted by Gasteiger charge is -2.32. The zero-order chi connectivity index (χ0) is 13.2. The first-order valence-electron chi connectivity index (χ1n) is 6.98. The van der Waals surface area contributed by atoms with Crippen LogP contribution in [0.15, 0.2) is 30.3 Å². The monoisotopic (exact) mass is 255 g/mol. The van der Waals surface area contributed by atoms with Gasteiger partial charge in [-0.3, -0.25) is 9.88 Å². The molecule has 3 heteroatoms. The zero-order valence-electron chi connectivity index (χ0n) is 11.8. The topological polar surface area (TPSA) is 19.4 Å². The van der Waals surface area contributed by atoms with E-state index in [1.807, 2.05) is 6.92 Å². The number of piperazine rings is 1. The average Bonchev–Trinajstić information content (AvgIpc) is 2.42. The number of hydrogen-bond donors (Lipinski definition) is 0. The van der Waals surface area contributed by atoms with Crippen LogP contribution in [0.2, 0.25) is 0 Å². The van der Waals surface area contributed by atoms with E-state index in [9.17, 15) is 0 Å². The van der Waals surface area contributed by atoms with Crippen molar-refractivity contribution in [3.05, 3.63) is 41.6 Å². The molecule has 2 aromatic rings. The summed E-state index contributed by atoms with van der Waals surface area (Å²) in [6, 6.07) is 10.9. The lowest BCUT2D eigenvalue weighted by Crippen LogP contribution is -2.43. The fourth-order valence-corrected chi connectivity index (χ4v) is 2.64. The molecule has 1 aliphatic rings. The molecular weight excluding hydrogens is 234 g/mol. The molecule has 1 aromatic carbocycles. The molecule has 0 atom stereocenters. The lowest BCUT2D eigenvalue weighted by atomic mass is 10.1. The van der Waals surface area contributed by atoms with Gasteiger partial charge in [-0.2, -0.15) is 0 Å². The maximum atomic E-state index is 4.55. The molecule has 0 saturated carbocycles. The van der Waals surface area contributed by atoms with Crippen LogP contribution in [0.1, 0.15) is 11.3 Å². The zero-order valence-corrected chi connectivity index (χ0v) is 11.8. The Hall–Kier alpha value is -1.45. The summed E-state index contributed by atoms with van der Waals surface area (Å²) in [5, 5.41) is 1.25. The highest BCUT2D eigenvalue weighted by atomic mass is 15.2. The third-order valence-electron chi connectivity index (χ3n) is 3.89. The molecule has 3 nitrogen and oxygen atoms in total. The van der Waals surface area contributed by atoms with Gasteiger partial charge in [-0.05, 0) is 37.7 Å². The molecule has 2 heterocycles. The van der Waals surface area contributed by atoms with Gasteiger partial charge < -0.3 is 4.90 Å². The van der Waals surface area contributed by atoms with Gasteiger partial charge in [-0.15, -0.1) is 0 Å². The van der Waals surface area contributed by atoms with Gasteiger partial charge in [-0.25, -0.2) is 0 Å². The Labute approximate surface area is 114 Å². The first-order chi connectivity index (χ1) is 9.20. The van der Waals surface area contributed by atoms with Crippen LogP contribution in [0.3, 0.4) is 0 Å². The van der Waals surface area contributed by atoms with E-state index in [2.05, 4.69) is 52.2 Å². The van der Waals surface area contributed by atoms with E-state index in [1.54, 1.807) is 0 Å². The minimum atomic E-state index is 1.05. The second-order valence-electron chi connectivity index (χ2n) is 5.56. The van der Waals surface area contributed by atoms with Crippen molar-refractivity contribution in [1.29, 1.82) is 0 Å². The number of likely N-dealkylation sites (N-methyl/N-ethyl adjacent to an activating group) is 1. The van der Waals surface area contributed by atoms with E-state index in [0.717, 1.165) is 17.8 Å². The van der Waals surface area contributed by atoms with Crippen molar-refractivity contribution < 1.29 is 0 Å². The molecule has 0 spiro atoms. The van der Waals surface area contributed by atoms with E-state index in [0.29, 0.717) is 0 Å². The van der Waals surface area contributed by atoms with Gasteiger partial charge >= 0.3 is 0 Å². The fourth-order valence-electron chi connectivity index (χ4n) is 2.64. The molecular formula is C16H21N3. The molecule has 1 saturated heterocycles. The second kappa shape index (κ2) is 5.27. The van der Waals surface area contributed by atoms with Crippen molar-refractivity contribution in [2.75, 3.05) is 33.2 Å². The highest BCUT2D eigenvalue weighted by Crippen LogP contribution is 2.16. The van der Waals surface area contributed by atoms with Crippen LogP contribution < -0.4 is 0 Å². The summed E-state index contributed by atoms with van der Waals surface area (Å²) in [4.78, 5) is 9.48. The highest BCUT2D eigenvalue weighted by Gasteiger charge is 2.13. The molecule has 3 rings (SSSR count). The Morgan fingerprint density at radius 3 is 2.63 bits per heavy atom. The van der Waals surface area contributed by atoms with Crippen LogP contribution in [0.25, 0.3) is 10.9 Å². The Bertz CT molecular complexity index is 571. The van der Waals surface area contributed by atoms with Gasteiger partial charge in [0.25, 0.3) is 0 Å². The number of aromatic nitrogens is 1. The maximum absolute atomic E-state index is 4.55. The van der Waals surface area contributed by atoms with Gasteiger partial charge in [0.1, 0.15) is 0 Å². The third-order valence-corrected chi connectivity index (χ3v) is 3.89. The van der Waals surface area contributed by atoms with E-state index in [-0.39, 0.29) is 0 Å². The van der Waals surface area contributed by atoms with Crippen LogP contribution >= 0.6 is 0 Å². The molecule has 1 aromatic heterocycles. The first-order valence-corrected chi connectivity index (χ1v) is 6.98. The highest BCUT2D eigenvalue weighted by molar-refractivity contribution is 5.79. The number of aryl methyl sites for hydroxylation is 1. The van der Waals surface area contributed by atoms with Crippen molar-refractivity contribution in [2.45, 2.75) is 13.5 Å².